The molecule has 0 aliphatic carbocycles. The highest BCUT2D eigenvalue weighted by Crippen LogP contribution is 2.46. The lowest BCUT2D eigenvalue weighted by Gasteiger charge is -2.44. The van der Waals surface area contributed by atoms with Crippen molar-refractivity contribution in [3.05, 3.63) is 67.5 Å². The molecule has 8 nitrogen and oxygen atoms in total. The number of aromatic nitrogens is 3. The van der Waals surface area contributed by atoms with Crippen LogP contribution in [0.25, 0.3) is 6.08 Å². The van der Waals surface area contributed by atoms with Crippen molar-refractivity contribution in [3.8, 4) is 5.75 Å². The summed E-state index contributed by atoms with van der Waals surface area (Å²) in [5.74, 6) is -0.720. The molecule has 2 bridgehead atoms. The van der Waals surface area contributed by atoms with Crippen LogP contribution in [0.1, 0.15) is 31.0 Å². The minimum absolute atomic E-state index is 0.201. The second-order valence-electron chi connectivity index (χ2n) is 7.33. The third-order valence-electron chi connectivity index (χ3n) is 5.46. The van der Waals surface area contributed by atoms with Crippen molar-refractivity contribution in [1.82, 2.24) is 14.3 Å². The minimum atomic E-state index is -1.16. The van der Waals surface area contributed by atoms with Crippen LogP contribution in [0, 0.1) is 5.92 Å². The molecule has 2 N–H and O–H groups in total. The Labute approximate surface area is 169 Å². The van der Waals surface area contributed by atoms with Gasteiger partial charge >= 0.3 is 0 Å². The van der Waals surface area contributed by atoms with Gasteiger partial charge in [-0.2, -0.15) is 5.10 Å². The molecule has 5 rings (SSSR count). The molecule has 2 aromatic heterocycles. The maximum Gasteiger partial charge on any atom is 0.270 e. The minimum Gasteiger partial charge on any atom is -0.465 e. The average molecular weight is 409 g/mol. The van der Waals surface area contributed by atoms with Crippen LogP contribution in [-0.2, 0) is 11.3 Å². The Morgan fingerprint density at radius 1 is 1.41 bits per heavy atom. The standard InChI is InChI=1S/C20H19N5O3S/c1-3-24-10-11(9-22-24)8-14-18(27)25-16-12-6-4-5-7-13(12)28-20(2,15(16)17(21)26)23-19(25)29-14/h4-10,15-16H,3H2,1-2H3,(H2,21,26)/b14-8-/t15-,16-,20-/m0/s1. The molecule has 4 heterocycles. The number of amides is 1. The molecule has 1 aromatic carbocycles. The van der Waals surface area contributed by atoms with Crippen LogP contribution in [0.3, 0.4) is 0 Å². The molecule has 0 saturated heterocycles. The molecule has 2 aliphatic heterocycles. The lowest BCUT2D eigenvalue weighted by molar-refractivity contribution is -0.133. The van der Waals surface area contributed by atoms with Gasteiger partial charge in [0, 0.05) is 23.9 Å². The number of hydrogen-bond donors (Lipinski definition) is 1. The second-order valence-corrected chi connectivity index (χ2v) is 8.34. The third kappa shape index (κ3) is 2.57. The number of nitrogens with zero attached hydrogens (tertiary/aromatic N) is 4. The third-order valence-corrected chi connectivity index (χ3v) is 6.44. The zero-order valence-electron chi connectivity index (χ0n) is 15.9. The van der Waals surface area contributed by atoms with Crippen molar-refractivity contribution in [2.75, 3.05) is 0 Å². The fraction of sp³-hybridized carbons (Fsp3) is 0.300. The molecule has 9 heteroatoms. The zero-order chi connectivity index (χ0) is 20.3. The highest BCUT2D eigenvalue weighted by Gasteiger charge is 2.54. The Morgan fingerprint density at radius 2 is 2.21 bits per heavy atom. The summed E-state index contributed by atoms with van der Waals surface area (Å²) in [6, 6.07) is 6.84. The van der Waals surface area contributed by atoms with Gasteiger partial charge < -0.3 is 10.5 Å². The van der Waals surface area contributed by atoms with E-state index in [4.69, 9.17) is 10.5 Å². The van der Waals surface area contributed by atoms with Crippen LogP contribution >= 0.6 is 11.3 Å². The molecular formula is C20H19N5O3S. The number of nitrogens with two attached hydrogens (primary N) is 1. The van der Waals surface area contributed by atoms with Gasteiger partial charge in [0.05, 0.1) is 16.8 Å². The lowest BCUT2D eigenvalue weighted by atomic mass is 9.81. The van der Waals surface area contributed by atoms with E-state index in [0.717, 1.165) is 17.7 Å². The highest BCUT2D eigenvalue weighted by molar-refractivity contribution is 7.07. The first-order chi connectivity index (χ1) is 13.9. The van der Waals surface area contributed by atoms with Gasteiger partial charge in [0.1, 0.15) is 11.7 Å². The Morgan fingerprint density at radius 3 is 2.93 bits per heavy atom. The molecular weight excluding hydrogens is 390 g/mol. The summed E-state index contributed by atoms with van der Waals surface area (Å²) in [4.78, 5) is 30.9. The Bertz CT molecular complexity index is 1320. The molecule has 0 radical (unpaired) electrons. The Kier molecular flexibility index (Phi) is 3.79. The van der Waals surface area contributed by atoms with E-state index < -0.39 is 23.6 Å². The average Bonchev–Trinajstić information content (AvgIpc) is 3.25. The number of carbonyl (C=O) groups is 1. The first-order valence-corrected chi connectivity index (χ1v) is 10.2. The number of carbonyl (C=O) groups excluding carboxylic acids is 1. The van der Waals surface area contributed by atoms with Gasteiger partial charge in [-0.1, -0.05) is 29.5 Å². The second kappa shape index (κ2) is 6.15. The monoisotopic (exact) mass is 409 g/mol. The zero-order valence-corrected chi connectivity index (χ0v) is 16.7. The number of aryl methyl sites for hydroxylation is 1. The smallest absolute Gasteiger partial charge is 0.270 e. The molecule has 3 aromatic rings. The van der Waals surface area contributed by atoms with Crippen LogP contribution in [0.15, 0.2) is 46.4 Å². The fourth-order valence-corrected chi connectivity index (χ4v) is 5.25. The summed E-state index contributed by atoms with van der Waals surface area (Å²) in [5, 5.41) is 4.25. The van der Waals surface area contributed by atoms with Crippen molar-refractivity contribution < 1.29 is 9.53 Å². The summed E-state index contributed by atoms with van der Waals surface area (Å²) in [7, 11) is 0. The number of ether oxygens (including phenoxy) is 1. The van der Waals surface area contributed by atoms with Crippen molar-refractivity contribution in [2.24, 2.45) is 16.6 Å². The van der Waals surface area contributed by atoms with Crippen LogP contribution in [0.4, 0.5) is 0 Å². The summed E-state index contributed by atoms with van der Waals surface area (Å²) in [6.07, 6.45) is 5.39. The Hall–Kier alpha value is -3.20. The van der Waals surface area contributed by atoms with E-state index in [-0.39, 0.29) is 5.56 Å². The van der Waals surface area contributed by atoms with Gasteiger partial charge in [-0.3, -0.25) is 18.8 Å². The number of benzene rings is 1. The van der Waals surface area contributed by atoms with Gasteiger partial charge in [0.15, 0.2) is 4.80 Å². The summed E-state index contributed by atoms with van der Waals surface area (Å²) in [6.45, 7) is 4.49. The largest absolute Gasteiger partial charge is 0.465 e. The van der Waals surface area contributed by atoms with E-state index in [1.54, 1.807) is 28.4 Å². The van der Waals surface area contributed by atoms with Crippen molar-refractivity contribution in [2.45, 2.75) is 32.2 Å². The van der Waals surface area contributed by atoms with E-state index >= 15 is 0 Å². The lowest BCUT2D eigenvalue weighted by Crippen LogP contribution is -2.59. The Balaban J connectivity index is 1.78. The first kappa shape index (κ1) is 17.9. The molecule has 0 fully saturated rings. The van der Waals surface area contributed by atoms with E-state index in [2.05, 4.69) is 10.1 Å². The van der Waals surface area contributed by atoms with Crippen LogP contribution < -0.4 is 25.4 Å². The van der Waals surface area contributed by atoms with Crippen LogP contribution in [0.2, 0.25) is 0 Å². The van der Waals surface area contributed by atoms with E-state index in [1.165, 1.54) is 11.3 Å². The van der Waals surface area contributed by atoms with Gasteiger partial charge in [-0.25, -0.2) is 4.99 Å². The van der Waals surface area contributed by atoms with E-state index in [9.17, 15) is 9.59 Å². The number of thiazole rings is 1. The van der Waals surface area contributed by atoms with Gasteiger partial charge in [0.2, 0.25) is 11.6 Å². The molecule has 3 atom stereocenters. The maximum absolute atomic E-state index is 13.3. The molecule has 0 saturated carbocycles. The molecule has 148 valence electrons. The SMILES string of the molecule is CCn1cc(/C=c2\sc3n(c2=O)[C@H]2c4ccccc4O[C@](C)(N=3)[C@@H]2C(N)=O)cn1. The predicted octanol–water partition coefficient (Wildman–Crippen LogP) is 0.388. The van der Waals surface area contributed by atoms with Gasteiger partial charge in [0.25, 0.3) is 5.56 Å². The van der Waals surface area contributed by atoms with E-state index in [1.807, 2.05) is 37.4 Å². The highest BCUT2D eigenvalue weighted by atomic mass is 32.1. The van der Waals surface area contributed by atoms with Crippen molar-refractivity contribution >= 4 is 23.3 Å². The van der Waals surface area contributed by atoms with Crippen molar-refractivity contribution in [1.29, 1.82) is 0 Å². The number of para-hydroxylation sites is 1. The van der Waals surface area contributed by atoms with E-state index in [0.29, 0.717) is 15.1 Å². The summed E-state index contributed by atoms with van der Waals surface area (Å²) in [5.41, 5.74) is 5.98. The van der Waals surface area contributed by atoms with Crippen molar-refractivity contribution in [3.63, 3.8) is 0 Å². The number of rotatable bonds is 3. The van der Waals surface area contributed by atoms with Crippen LogP contribution in [-0.4, -0.2) is 26.0 Å². The molecule has 0 spiro atoms. The van der Waals surface area contributed by atoms with Gasteiger partial charge in [-0.15, -0.1) is 0 Å². The predicted molar refractivity (Wildman–Crippen MR) is 107 cm³/mol. The summed E-state index contributed by atoms with van der Waals surface area (Å²) >= 11 is 1.28. The first-order valence-electron chi connectivity index (χ1n) is 9.34. The topological polar surface area (TPSA) is 104 Å². The summed E-state index contributed by atoms with van der Waals surface area (Å²) < 4.78 is 10.0. The number of fused-ring (bicyclic) bond motifs is 6. The normalized spacial score (nSPS) is 25.0. The fourth-order valence-electron chi connectivity index (χ4n) is 4.15. The van der Waals surface area contributed by atoms with Crippen LogP contribution in [0.5, 0.6) is 5.75 Å². The number of primary amides is 1. The molecule has 2 aliphatic rings. The number of hydrogen-bond acceptors (Lipinski definition) is 6. The maximum atomic E-state index is 13.3. The van der Waals surface area contributed by atoms with Gasteiger partial charge in [-0.05, 0) is 26.0 Å². The molecule has 0 unspecified atom stereocenters. The quantitative estimate of drug-likeness (QED) is 0.676. The molecule has 1 amide bonds. The molecule has 29 heavy (non-hydrogen) atoms.